The van der Waals surface area contributed by atoms with E-state index in [9.17, 15) is 4.79 Å². The number of hydrogen-bond acceptors (Lipinski definition) is 5. The lowest BCUT2D eigenvalue weighted by atomic mass is 10.1. The van der Waals surface area contributed by atoms with Crippen LogP contribution in [0.5, 0.6) is 11.5 Å². The Labute approximate surface area is 173 Å². The number of fused-ring (bicyclic) bond motifs is 1. The van der Waals surface area contributed by atoms with Crippen LogP contribution < -0.4 is 21.3 Å². The second-order valence-electron chi connectivity index (χ2n) is 7.55. The topological polar surface area (TPSA) is 98.0 Å². The molecule has 30 heavy (non-hydrogen) atoms. The number of aromatic nitrogens is 3. The van der Waals surface area contributed by atoms with E-state index in [0.717, 1.165) is 48.6 Å². The molecule has 1 fully saturated rings. The van der Waals surface area contributed by atoms with E-state index in [1.165, 1.54) is 0 Å². The van der Waals surface area contributed by atoms with Crippen LogP contribution in [0.3, 0.4) is 0 Å². The van der Waals surface area contributed by atoms with Crippen molar-refractivity contribution in [1.82, 2.24) is 20.1 Å². The number of ether oxygens (including phenoxy) is 1. The average molecular weight is 401 g/mol. The number of nitrogens with one attached hydrogen (secondary N) is 2. The second-order valence-corrected chi connectivity index (χ2v) is 7.55. The van der Waals surface area contributed by atoms with E-state index in [4.69, 9.17) is 10.5 Å². The zero-order valence-electron chi connectivity index (χ0n) is 16.5. The minimum absolute atomic E-state index is 0.207. The van der Waals surface area contributed by atoms with E-state index in [0.29, 0.717) is 16.7 Å². The van der Waals surface area contributed by atoms with Crippen LogP contribution in [0.1, 0.15) is 18.9 Å². The lowest BCUT2D eigenvalue weighted by molar-refractivity contribution is 0.379. The number of nitrogens with two attached hydrogens (primary N) is 1. The van der Waals surface area contributed by atoms with E-state index in [1.54, 1.807) is 0 Å². The number of rotatable bonds is 4. The number of para-hydroxylation sites is 1. The summed E-state index contributed by atoms with van der Waals surface area (Å²) in [6, 6.07) is 17.7. The molecule has 5 rings (SSSR count). The highest BCUT2D eigenvalue weighted by molar-refractivity contribution is 6.02. The molecule has 0 radical (unpaired) electrons. The van der Waals surface area contributed by atoms with Gasteiger partial charge in [-0.25, -0.2) is 5.10 Å². The molecule has 0 saturated carbocycles. The first kappa shape index (κ1) is 18.4. The molecule has 0 bridgehead atoms. The Hall–Kier alpha value is -3.58. The van der Waals surface area contributed by atoms with Crippen molar-refractivity contribution in [2.24, 2.45) is 0 Å². The molecule has 1 saturated heterocycles. The number of H-pyrrole nitrogens is 1. The lowest BCUT2D eigenvalue weighted by Crippen LogP contribution is -2.32. The summed E-state index contributed by atoms with van der Waals surface area (Å²) in [6.45, 7) is 1.83. The first-order chi connectivity index (χ1) is 14.7. The molecule has 1 aliphatic heterocycles. The minimum Gasteiger partial charge on any atom is -0.457 e. The molecule has 2 aromatic heterocycles. The molecule has 3 heterocycles. The standard InChI is InChI=1S/C23H23N5O2/c24-22-20-19(15-8-10-18(11-9-15)30-17-6-2-1-3-7-17)14-28(16-5-4-12-25-13-16)21(20)23(29)27-26-22/h1-3,6-11,14,16,25H,4-5,12-13H2,(H2,24,26)(H,27,29). The summed E-state index contributed by atoms with van der Waals surface area (Å²) in [5, 5.41) is 10.7. The molecule has 1 unspecified atom stereocenters. The molecular weight excluding hydrogens is 378 g/mol. The van der Waals surface area contributed by atoms with Crippen molar-refractivity contribution in [2.45, 2.75) is 18.9 Å². The molecule has 152 valence electrons. The van der Waals surface area contributed by atoms with Gasteiger partial charge in [-0.15, -0.1) is 0 Å². The van der Waals surface area contributed by atoms with Gasteiger partial charge in [0.1, 0.15) is 17.0 Å². The first-order valence-corrected chi connectivity index (χ1v) is 10.1. The quantitative estimate of drug-likeness (QED) is 0.484. The fraction of sp³-hybridized carbons (Fsp3) is 0.217. The fourth-order valence-corrected chi connectivity index (χ4v) is 4.14. The van der Waals surface area contributed by atoms with Crippen LogP contribution in [0.2, 0.25) is 0 Å². The van der Waals surface area contributed by atoms with Crippen LogP contribution in [0.15, 0.2) is 65.6 Å². The van der Waals surface area contributed by atoms with Gasteiger partial charge in [-0.05, 0) is 49.2 Å². The molecule has 4 aromatic rings. The van der Waals surface area contributed by atoms with Crippen LogP contribution in [0.4, 0.5) is 5.82 Å². The third kappa shape index (κ3) is 3.33. The predicted molar refractivity (Wildman–Crippen MR) is 118 cm³/mol. The molecule has 0 aliphatic carbocycles. The number of benzene rings is 2. The van der Waals surface area contributed by atoms with Crippen LogP contribution in [-0.4, -0.2) is 27.9 Å². The SMILES string of the molecule is Nc1n[nH]c(=O)c2c1c(-c1ccc(Oc3ccccc3)cc1)cn2C1CCCNC1. The van der Waals surface area contributed by atoms with Crippen LogP contribution in [0.25, 0.3) is 22.0 Å². The maximum absolute atomic E-state index is 12.7. The summed E-state index contributed by atoms with van der Waals surface area (Å²) in [4.78, 5) is 12.7. The van der Waals surface area contributed by atoms with Crippen molar-refractivity contribution >= 4 is 16.7 Å². The number of piperidine rings is 1. The van der Waals surface area contributed by atoms with Crippen molar-refractivity contribution in [3.05, 3.63) is 71.1 Å². The molecular formula is C23H23N5O2. The van der Waals surface area contributed by atoms with Gasteiger partial charge in [-0.1, -0.05) is 30.3 Å². The van der Waals surface area contributed by atoms with Crippen LogP contribution >= 0.6 is 0 Å². The smallest absolute Gasteiger partial charge is 0.288 e. The maximum Gasteiger partial charge on any atom is 0.288 e. The highest BCUT2D eigenvalue weighted by Gasteiger charge is 2.23. The summed E-state index contributed by atoms with van der Waals surface area (Å²) in [6.07, 6.45) is 4.12. The van der Waals surface area contributed by atoms with Crippen molar-refractivity contribution in [2.75, 3.05) is 18.8 Å². The van der Waals surface area contributed by atoms with E-state index < -0.39 is 0 Å². The van der Waals surface area contributed by atoms with E-state index >= 15 is 0 Å². The maximum atomic E-state index is 12.7. The lowest BCUT2D eigenvalue weighted by Gasteiger charge is -2.24. The number of aromatic amines is 1. The molecule has 0 amide bonds. The number of anilines is 1. The number of nitrogens with zero attached hydrogens (tertiary/aromatic N) is 2. The van der Waals surface area contributed by atoms with Crippen molar-refractivity contribution in [3.63, 3.8) is 0 Å². The Morgan fingerprint density at radius 2 is 1.83 bits per heavy atom. The number of hydrogen-bond donors (Lipinski definition) is 3. The minimum atomic E-state index is -0.222. The molecule has 0 spiro atoms. The molecule has 1 atom stereocenters. The normalized spacial score (nSPS) is 16.6. The van der Waals surface area contributed by atoms with Gasteiger partial charge in [-0.3, -0.25) is 4.79 Å². The van der Waals surface area contributed by atoms with E-state index in [-0.39, 0.29) is 11.6 Å². The molecule has 1 aliphatic rings. The number of nitrogen functional groups attached to an aromatic ring is 1. The molecule has 7 nitrogen and oxygen atoms in total. The van der Waals surface area contributed by atoms with Gasteiger partial charge in [0.2, 0.25) is 0 Å². The Bertz CT molecular complexity index is 1220. The van der Waals surface area contributed by atoms with Crippen molar-refractivity contribution in [3.8, 4) is 22.6 Å². The Balaban J connectivity index is 1.57. The monoisotopic (exact) mass is 401 g/mol. The van der Waals surface area contributed by atoms with Gasteiger partial charge in [-0.2, -0.15) is 5.10 Å². The molecule has 7 heteroatoms. The van der Waals surface area contributed by atoms with E-state index in [2.05, 4.69) is 20.1 Å². The zero-order valence-corrected chi connectivity index (χ0v) is 16.5. The van der Waals surface area contributed by atoms with Crippen molar-refractivity contribution < 1.29 is 4.74 Å². The largest absolute Gasteiger partial charge is 0.457 e. The first-order valence-electron chi connectivity index (χ1n) is 10.1. The fourth-order valence-electron chi connectivity index (χ4n) is 4.14. The highest BCUT2D eigenvalue weighted by atomic mass is 16.5. The van der Waals surface area contributed by atoms with Gasteiger partial charge < -0.3 is 20.4 Å². The second kappa shape index (κ2) is 7.68. The van der Waals surface area contributed by atoms with E-state index in [1.807, 2.05) is 60.8 Å². The predicted octanol–water partition coefficient (Wildman–Crippen LogP) is 3.69. The summed E-state index contributed by atoms with van der Waals surface area (Å²) in [7, 11) is 0. The summed E-state index contributed by atoms with van der Waals surface area (Å²) in [5.74, 6) is 1.85. The Kier molecular flexibility index (Phi) is 4.72. The van der Waals surface area contributed by atoms with Gasteiger partial charge in [0.05, 0.1) is 5.39 Å². The molecule has 4 N–H and O–H groups in total. The third-order valence-corrected chi connectivity index (χ3v) is 5.59. The van der Waals surface area contributed by atoms with Crippen LogP contribution in [-0.2, 0) is 0 Å². The average Bonchev–Trinajstić information content (AvgIpc) is 3.20. The molecule has 2 aromatic carbocycles. The van der Waals surface area contributed by atoms with Gasteiger partial charge in [0.25, 0.3) is 5.56 Å². The third-order valence-electron chi connectivity index (χ3n) is 5.59. The van der Waals surface area contributed by atoms with Gasteiger partial charge in [0.15, 0.2) is 5.82 Å². The highest BCUT2D eigenvalue weighted by Crippen LogP contribution is 2.35. The zero-order chi connectivity index (χ0) is 20.5. The summed E-state index contributed by atoms with van der Waals surface area (Å²) < 4.78 is 7.95. The summed E-state index contributed by atoms with van der Waals surface area (Å²) in [5.41, 5.74) is 8.42. The Morgan fingerprint density at radius 3 is 2.57 bits per heavy atom. The van der Waals surface area contributed by atoms with Gasteiger partial charge >= 0.3 is 0 Å². The van der Waals surface area contributed by atoms with Crippen LogP contribution in [0, 0.1) is 0 Å². The summed E-state index contributed by atoms with van der Waals surface area (Å²) >= 11 is 0. The van der Waals surface area contributed by atoms with Crippen molar-refractivity contribution in [1.29, 1.82) is 0 Å². The van der Waals surface area contributed by atoms with Gasteiger partial charge in [0, 0.05) is 24.3 Å². The Morgan fingerprint density at radius 1 is 1.07 bits per heavy atom.